The summed E-state index contributed by atoms with van der Waals surface area (Å²) in [6, 6.07) is 6.58. The molecule has 1 fully saturated rings. The zero-order valence-electron chi connectivity index (χ0n) is 21.6. The Morgan fingerprint density at radius 2 is 1.76 bits per heavy atom. The third-order valence-corrected chi connectivity index (χ3v) is 5.65. The highest BCUT2D eigenvalue weighted by Gasteiger charge is 2.36. The van der Waals surface area contributed by atoms with Crippen LogP contribution in [0.3, 0.4) is 0 Å². The van der Waals surface area contributed by atoms with Crippen molar-refractivity contribution < 1.29 is 24.0 Å². The lowest BCUT2D eigenvalue weighted by molar-refractivity contribution is -0.141. The highest BCUT2D eigenvalue weighted by atomic mass is 16.2. The van der Waals surface area contributed by atoms with Gasteiger partial charge in [0.25, 0.3) is 11.8 Å². The Bertz CT molecular complexity index is 1050. The number of carbonyl (C=O) groups is 5. The van der Waals surface area contributed by atoms with Crippen LogP contribution in [0.15, 0.2) is 42.1 Å². The molecule has 0 radical (unpaired) electrons. The molecule has 200 valence electrons. The highest BCUT2D eigenvalue weighted by molar-refractivity contribution is 6.38. The summed E-state index contributed by atoms with van der Waals surface area (Å²) in [5, 5.41) is 20.7. The largest absolute Gasteiger partial charge is 0.393 e. The van der Waals surface area contributed by atoms with Crippen LogP contribution in [0.2, 0.25) is 0 Å². The van der Waals surface area contributed by atoms with Crippen LogP contribution in [0.1, 0.15) is 39.2 Å². The van der Waals surface area contributed by atoms with Crippen molar-refractivity contribution in [1.82, 2.24) is 26.6 Å². The Morgan fingerprint density at radius 1 is 1.08 bits per heavy atom. The molecule has 0 aliphatic carbocycles. The fourth-order valence-corrected chi connectivity index (χ4v) is 3.85. The van der Waals surface area contributed by atoms with Crippen LogP contribution >= 0.6 is 0 Å². The Hall–Kier alpha value is -4.02. The van der Waals surface area contributed by atoms with Gasteiger partial charge in [-0.3, -0.25) is 24.0 Å². The Balaban J connectivity index is 2.31. The van der Waals surface area contributed by atoms with E-state index in [1.54, 1.807) is 52.1 Å². The van der Waals surface area contributed by atoms with Crippen molar-refractivity contribution in [3.63, 3.8) is 0 Å². The van der Waals surface area contributed by atoms with Crippen LogP contribution in [-0.2, 0) is 30.4 Å². The van der Waals surface area contributed by atoms with E-state index in [9.17, 15) is 24.0 Å². The number of nitrogens with one attached hydrogen (secondary N) is 6. The first-order chi connectivity index (χ1) is 17.4. The molecule has 1 heterocycles. The van der Waals surface area contributed by atoms with Crippen molar-refractivity contribution in [2.24, 2.45) is 5.92 Å². The summed E-state index contributed by atoms with van der Waals surface area (Å²) in [4.78, 5) is 64.1. The summed E-state index contributed by atoms with van der Waals surface area (Å²) < 4.78 is 0. The zero-order valence-corrected chi connectivity index (χ0v) is 21.6. The van der Waals surface area contributed by atoms with Gasteiger partial charge in [0.15, 0.2) is 0 Å². The summed E-state index contributed by atoms with van der Waals surface area (Å²) in [7, 11) is 1.57. The standard InChI is InChI=1S/C26H36N6O5/c1-26(2,3)32-25(37)21(33)19(13-17-10-11-29-22(17)34)30-24(36)20(12-16-8-6-5-7-9-16)31-23(35)18(14-27)15-28-4/h5-9,14-15,17,19-20,27-28H,10-13H2,1-4H3,(H,29,34)(H,30,36)(H,31,35)(H,32,37)/b18-15+,27-14?/t17-,19?,20-/m0/s1. The molecule has 1 unspecified atom stereocenters. The van der Waals surface area contributed by atoms with Gasteiger partial charge in [0.2, 0.25) is 17.6 Å². The van der Waals surface area contributed by atoms with E-state index in [2.05, 4.69) is 26.6 Å². The van der Waals surface area contributed by atoms with Crippen LogP contribution in [0.4, 0.5) is 0 Å². The van der Waals surface area contributed by atoms with Crippen molar-refractivity contribution >= 4 is 35.6 Å². The number of amides is 4. The smallest absolute Gasteiger partial charge is 0.290 e. The molecule has 0 aromatic heterocycles. The van der Waals surface area contributed by atoms with E-state index in [1.165, 1.54) is 6.20 Å². The summed E-state index contributed by atoms with van der Waals surface area (Å²) >= 11 is 0. The first-order valence-electron chi connectivity index (χ1n) is 12.1. The molecule has 6 N–H and O–H groups in total. The second kappa shape index (κ2) is 13.3. The predicted octanol–water partition coefficient (Wildman–Crippen LogP) is -0.0384. The first kappa shape index (κ1) is 29.2. The van der Waals surface area contributed by atoms with Gasteiger partial charge in [0.05, 0.1) is 11.6 Å². The molecule has 37 heavy (non-hydrogen) atoms. The zero-order chi connectivity index (χ0) is 27.6. The quantitative estimate of drug-likeness (QED) is 0.130. The molecule has 1 aromatic carbocycles. The van der Waals surface area contributed by atoms with Gasteiger partial charge in [0, 0.05) is 43.9 Å². The van der Waals surface area contributed by atoms with E-state index >= 15 is 0 Å². The van der Waals surface area contributed by atoms with Crippen molar-refractivity contribution in [1.29, 1.82) is 5.41 Å². The van der Waals surface area contributed by atoms with Crippen molar-refractivity contribution in [2.75, 3.05) is 13.6 Å². The lowest BCUT2D eigenvalue weighted by atomic mass is 9.94. The van der Waals surface area contributed by atoms with Gasteiger partial charge in [-0.2, -0.15) is 0 Å². The number of carbonyl (C=O) groups excluding carboxylic acids is 5. The van der Waals surface area contributed by atoms with E-state index in [1.807, 2.05) is 6.07 Å². The van der Waals surface area contributed by atoms with Gasteiger partial charge in [-0.25, -0.2) is 0 Å². The lowest BCUT2D eigenvalue weighted by Crippen LogP contribution is -2.56. The molecule has 1 aromatic rings. The summed E-state index contributed by atoms with van der Waals surface area (Å²) in [6.07, 6.45) is 2.70. The van der Waals surface area contributed by atoms with Crippen LogP contribution in [0, 0.1) is 11.3 Å². The normalized spacial score (nSPS) is 17.1. The number of ketones is 1. The average molecular weight is 513 g/mol. The molecule has 1 aliphatic rings. The van der Waals surface area contributed by atoms with E-state index in [-0.39, 0.29) is 24.3 Å². The number of hydrogen-bond acceptors (Lipinski definition) is 7. The van der Waals surface area contributed by atoms with E-state index < -0.39 is 47.0 Å². The minimum absolute atomic E-state index is 0.00632. The molecule has 0 spiro atoms. The van der Waals surface area contributed by atoms with E-state index in [0.717, 1.165) is 11.8 Å². The van der Waals surface area contributed by atoms with Gasteiger partial charge >= 0.3 is 0 Å². The fraction of sp³-hybridized carbons (Fsp3) is 0.462. The maximum absolute atomic E-state index is 13.4. The highest BCUT2D eigenvalue weighted by Crippen LogP contribution is 2.17. The monoisotopic (exact) mass is 512 g/mol. The van der Waals surface area contributed by atoms with E-state index in [4.69, 9.17) is 5.41 Å². The minimum Gasteiger partial charge on any atom is -0.393 e. The lowest BCUT2D eigenvalue weighted by Gasteiger charge is -2.26. The minimum atomic E-state index is -1.27. The molecule has 0 bridgehead atoms. The van der Waals surface area contributed by atoms with Gasteiger partial charge in [0.1, 0.15) is 6.04 Å². The number of Topliss-reactive ketones (excluding diaryl/α,β-unsaturated/α-hetero) is 1. The van der Waals surface area contributed by atoms with Crippen molar-refractivity contribution in [3.8, 4) is 0 Å². The van der Waals surface area contributed by atoms with Crippen LogP contribution in [-0.4, -0.2) is 66.8 Å². The van der Waals surface area contributed by atoms with Crippen LogP contribution in [0.5, 0.6) is 0 Å². The molecule has 11 heteroatoms. The third kappa shape index (κ3) is 9.17. The Labute approximate surface area is 216 Å². The average Bonchev–Trinajstić information content (AvgIpc) is 3.24. The Kier molecular flexibility index (Phi) is 10.5. The van der Waals surface area contributed by atoms with Gasteiger partial charge < -0.3 is 32.0 Å². The van der Waals surface area contributed by atoms with Crippen LogP contribution < -0.4 is 26.6 Å². The van der Waals surface area contributed by atoms with E-state index in [0.29, 0.717) is 13.0 Å². The molecule has 1 saturated heterocycles. The Morgan fingerprint density at radius 3 is 2.30 bits per heavy atom. The first-order valence-corrected chi connectivity index (χ1v) is 12.1. The third-order valence-electron chi connectivity index (χ3n) is 5.65. The molecule has 1 aliphatic heterocycles. The molecule has 2 rings (SSSR count). The fourth-order valence-electron chi connectivity index (χ4n) is 3.85. The van der Waals surface area contributed by atoms with Crippen LogP contribution in [0.25, 0.3) is 0 Å². The topological polar surface area (TPSA) is 169 Å². The summed E-state index contributed by atoms with van der Waals surface area (Å²) in [5.41, 5.74) is 0.0622. The summed E-state index contributed by atoms with van der Waals surface area (Å²) in [6.45, 7) is 5.62. The molecule has 11 nitrogen and oxygen atoms in total. The molecular formula is C26H36N6O5. The number of benzene rings is 1. The molecular weight excluding hydrogens is 476 g/mol. The molecule has 3 atom stereocenters. The van der Waals surface area contributed by atoms with Gasteiger partial charge in [-0.15, -0.1) is 0 Å². The second-order valence-electron chi connectivity index (χ2n) is 9.89. The SMILES string of the molecule is CN/C=C(\C=N)C(=O)N[C@@H](Cc1ccccc1)C(=O)NC(C[C@@H]1CCNC1=O)C(=O)C(=O)NC(C)(C)C. The van der Waals surface area contributed by atoms with Crippen molar-refractivity contribution in [3.05, 3.63) is 47.7 Å². The second-order valence-corrected chi connectivity index (χ2v) is 9.89. The predicted molar refractivity (Wildman–Crippen MR) is 139 cm³/mol. The van der Waals surface area contributed by atoms with Crippen molar-refractivity contribution in [2.45, 2.75) is 57.7 Å². The van der Waals surface area contributed by atoms with Gasteiger partial charge in [-0.1, -0.05) is 30.3 Å². The van der Waals surface area contributed by atoms with Gasteiger partial charge in [-0.05, 0) is 39.2 Å². The summed E-state index contributed by atoms with van der Waals surface area (Å²) in [5.74, 6) is -3.88. The number of hydrogen-bond donors (Lipinski definition) is 6. The maximum Gasteiger partial charge on any atom is 0.290 e. The maximum atomic E-state index is 13.4. The number of rotatable bonds is 12. The molecule has 4 amide bonds. The molecule has 0 saturated carbocycles.